The fourth-order valence-electron chi connectivity index (χ4n) is 3.63. The Morgan fingerprint density at radius 2 is 1.55 bits per heavy atom. The number of rotatable bonds is 7. The molecule has 2 aromatic carbocycles. The molecule has 156 valence electrons. The third-order valence-electron chi connectivity index (χ3n) is 5.18. The number of aromatic nitrogens is 2. The maximum atomic E-state index is 12.2. The van der Waals surface area contributed by atoms with Gasteiger partial charge in [-0.05, 0) is 53.9 Å². The van der Waals surface area contributed by atoms with Gasteiger partial charge in [0.05, 0.1) is 12.2 Å². The second-order valence-corrected chi connectivity index (χ2v) is 7.44. The van der Waals surface area contributed by atoms with E-state index in [4.69, 9.17) is 5.73 Å². The molecule has 0 saturated carbocycles. The van der Waals surface area contributed by atoms with Crippen molar-refractivity contribution in [1.29, 1.82) is 0 Å². The first-order chi connectivity index (χ1) is 15.2. The number of benzene rings is 2. The van der Waals surface area contributed by atoms with Crippen LogP contribution >= 0.6 is 0 Å². The zero-order valence-corrected chi connectivity index (χ0v) is 17.6. The lowest BCUT2D eigenvalue weighted by Crippen LogP contribution is -2.23. The van der Waals surface area contributed by atoms with Crippen LogP contribution < -0.4 is 11.1 Å². The van der Waals surface area contributed by atoms with Gasteiger partial charge in [-0.2, -0.15) is 0 Å². The van der Waals surface area contributed by atoms with Crippen LogP contribution in [0.2, 0.25) is 0 Å². The summed E-state index contributed by atoms with van der Waals surface area (Å²) in [6.45, 7) is 3.31. The minimum atomic E-state index is -0.0438. The van der Waals surface area contributed by atoms with Crippen LogP contribution in [-0.2, 0) is 6.54 Å². The van der Waals surface area contributed by atoms with Gasteiger partial charge in [0.1, 0.15) is 5.82 Å². The second-order valence-electron chi connectivity index (χ2n) is 7.44. The van der Waals surface area contributed by atoms with Crippen LogP contribution in [0.25, 0.3) is 22.5 Å². The van der Waals surface area contributed by atoms with Gasteiger partial charge in [0.15, 0.2) is 0 Å². The SMILES string of the molecule is CCCNC(=O)c1ccc(-c2ccc(-c3ccccc3)n2Cc2cccc(N)n2)cc1. The van der Waals surface area contributed by atoms with Gasteiger partial charge in [0, 0.05) is 23.5 Å². The first-order valence-electron chi connectivity index (χ1n) is 10.5. The lowest BCUT2D eigenvalue weighted by atomic mass is 10.1. The molecule has 31 heavy (non-hydrogen) atoms. The summed E-state index contributed by atoms with van der Waals surface area (Å²) >= 11 is 0. The van der Waals surface area contributed by atoms with Gasteiger partial charge in [-0.3, -0.25) is 4.79 Å². The number of nitrogens with one attached hydrogen (secondary N) is 1. The number of hydrogen-bond donors (Lipinski definition) is 2. The van der Waals surface area contributed by atoms with Crippen LogP contribution in [0.3, 0.4) is 0 Å². The van der Waals surface area contributed by atoms with Gasteiger partial charge in [0.2, 0.25) is 0 Å². The Balaban J connectivity index is 1.72. The van der Waals surface area contributed by atoms with Crippen molar-refractivity contribution in [2.75, 3.05) is 12.3 Å². The lowest BCUT2D eigenvalue weighted by molar-refractivity contribution is 0.0953. The standard InChI is InChI=1S/C26H26N4O/c1-2-17-28-26(31)21-13-11-20(12-14-21)24-16-15-23(19-7-4-3-5-8-19)30(24)18-22-9-6-10-25(27)29-22/h3-16H,2,17-18H2,1H3,(H2,27,29)(H,28,31). The van der Waals surface area contributed by atoms with Crippen LogP contribution in [0.4, 0.5) is 5.82 Å². The summed E-state index contributed by atoms with van der Waals surface area (Å²) in [5.74, 6) is 0.465. The Morgan fingerprint density at radius 1 is 0.871 bits per heavy atom. The van der Waals surface area contributed by atoms with Gasteiger partial charge >= 0.3 is 0 Å². The second kappa shape index (κ2) is 9.30. The van der Waals surface area contributed by atoms with Crippen molar-refractivity contribution in [2.24, 2.45) is 0 Å². The van der Waals surface area contributed by atoms with Crippen molar-refractivity contribution in [2.45, 2.75) is 19.9 Å². The van der Waals surface area contributed by atoms with Crippen LogP contribution in [0, 0.1) is 0 Å². The smallest absolute Gasteiger partial charge is 0.251 e. The summed E-state index contributed by atoms with van der Waals surface area (Å²) in [7, 11) is 0. The molecule has 0 spiro atoms. The number of carbonyl (C=O) groups is 1. The molecule has 0 saturated heterocycles. The fourth-order valence-corrected chi connectivity index (χ4v) is 3.63. The number of anilines is 1. The van der Waals surface area contributed by atoms with E-state index in [0.717, 1.165) is 34.6 Å². The van der Waals surface area contributed by atoms with Crippen molar-refractivity contribution in [3.05, 3.63) is 96.2 Å². The van der Waals surface area contributed by atoms with Gasteiger partial charge in [0.25, 0.3) is 5.91 Å². The quantitative estimate of drug-likeness (QED) is 0.451. The third kappa shape index (κ3) is 4.67. The molecule has 5 nitrogen and oxygen atoms in total. The maximum absolute atomic E-state index is 12.2. The summed E-state index contributed by atoms with van der Waals surface area (Å²) in [6, 6.07) is 28.0. The van der Waals surface area contributed by atoms with Crippen LogP contribution in [0.1, 0.15) is 29.4 Å². The molecule has 2 heterocycles. The van der Waals surface area contributed by atoms with E-state index < -0.39 is 0 Å². The van der Waals surface area contributed by atoms with Crippen molar-refractivity contribution < 1.29 is 4.79 Å². The average Bonchev–Trinajstić information content (AvgIpc) is 3.21. The monoisotopic (exact) mass is 410 g/mol. The van der Waals surface area contributed by atoms with Gasteiger partial charge in [-0.25, -0.2) is 4.98 Å². The normalized spacial score (nSPS) is 10.7. The average molecular weight is 411 g/mol. The molecule has 5 heteroatoms. The van der Waals surface area contributed by atoms with E-state index in [-0.39, 0.29) is 5.91 Å². The largest absolute Gasteiger partial charge is 0.384 e. The molecule has 2 aromatic heterocycles. The highest BCUT2D eigenvalue weighted by molar-refractivity contribution is 5.94. The highest BCUT2D eigenvalue weighted by Gasteiger charge is 2.14. The Labute approximate surface area is 182 Å². The summed E-state index contributed by atoms with van der Waals surface area (Å²) in [6.07, 6.45) is 0.914. The Hall–Kier alpha value is -3.86. The van der Waals surface area contributed by atoms with E-state index in [9.17, 15) is 4.79 Å². The topological polar surface area (TPSA) is 72.9 Å². The van der Waals surface area contributed by atoms with Crippen LogP contribution in [-0.4, -0.2) is 22.0 Å². The summed E-state index contributed by atoms with van der Waals surface area (Å²) in [4.78, 5) is 16.7. The molecule has 4 rings (SSSR count). The van der Waals surface area contributed by atoms with Crippen LogP contribution in [0.15, 0.2) is 84.9 Å². The molecule has 1 amide bonds. The molecule has 3 N–H and O–H groups in total. The first-order valence-corrected chi connectivity index (χ1v) is 10.5. The number of pyridine rings is 1. The van der Waals surface area contributed by atoms with Gasteiger partial charge in [-0.1, -0.05) is 55.5 Å². The summed E-state index contributed by atoms with van der Waals surface area (Å²) in [5, 5.41) is 2.92. The molecule has 0 atom stereocenters. The van der Waals surface area contributed by atoms with Gasteiger partial charge < -0.3 is 15.6 Å². The summed E-state index contributed by atoms with van der Waals surface area (Å²) in [5.41, 5.74) is 11.8. The molecule has 0 aliphatic heterocycles. The van der Waals surface area contributed by atoms with E-state index in [0.29, 0.717) is 24.5 Å². The predicted molar refractivity (Wildman–Crippen MR) is 126 cm³/mol. The highest BCUT2D eigenvalue weighted by atomic mass is 16.1. The molecular formula is C26H26N4O. The zero-order valence-electron chi connectivity index (χ0n) is 17.6. The summed E-state index contributed by atoms with van der Waals surface area (Å²) < 4.78 is 2.24. The number of carbonyl (C=O) groups excluding carboxylic acids is 1. The van der Waals surface area contributed by atoms with Crippen molar-refractivity contribution >= 4 is 11.7 Å². The molecule has 0 fully saturated rings. The fraction of sp³-hybridized carbons (Fsp3) is 0.154. The number of nitrogens with zero attached hydrogens (tertiary/aromatic N) is 2. The number of nitrogen functional groups attached to an aromatic ring is 1. The number of amides is 1. The predicted octanol–water partition coefficient (Wildman–Crippen LogP) is 4.99. The van der Waals surface area contributed by atoms with E-state index in [2.05, 4.69) is 39.1 Å². The third-order valence-corrected chi connectivity index (χ3v) is 5.18. The zero-order chi connectivity index (χ0) is 21.6. The van der Waals surface area contributed by atoms with Crippen molar-refractivity contribution in [3.63, 3.8) is 0 Å². The molecule has 0 aliphatic carbocycles. The first kappa shape index (κ1) is 20.4. The van der Waals surface area contributed by atoms with Gasteiger partial charge in [-0.15, -0.1) is 0 Å². The maximum Gasteiger partial charge on any atom is 0.251 e. The molecule has 4 aromatic rings. The van der Waals surface area contributed by atoms with Crippen molar-refractivity contribution in [1.82, 2.24) is 14.9 Å². The highest BCUT2D eigenvalue weighted by Crippen LogP contribution is 2.30. The van der Waals surface area contributed by atoms with Crippen molar-refractivity contribution in [3.8, 4) is 22.5 Å². The minimum Gasteiger partial charge on any atom is -0.384 e. The molecule has 0 bridgehead atoms. The Morgan fingerprint density at radius 3 is 2.19 bits per heavy atom. The number of nitrogens with two attached hydrogens (primary N) is 1. The Kier molecular flexibility index (Phi) is 6.13. The van der Waals surface area contributed by atoms with E-state index in [1.807, 2.05) is 61.5 Å². The minimum absolute atomic E-state index is 0.0438. The molecule has 0 radical (unpaired) electrons. The molecule has 0 unspecified atom stereocenters. The van der Waals surface area contributed by atoms with E-state index >= 15 is 0 Å². The Bertz CT molecular complexity index is 1160. The molecule has 0 aliphatic rings. The van der Waals surface area contributed by atoms with E-state index in [1.165, 1.54) is 0 Å². The van der Waals surface area contributed by atoms with Crippen LogP contribution in [0.5, 0.6) is 0 Å². The molecular weight excluding hydrogens is 384 g/mol. The number of hydrogen-bond acceptors (Lipinski definition) is 3. The lowest BCUT2D eigenvalue weighted by Gasteiger charge is -2.14. The van der Waals surface area contributed by atoms with E-state index in [1.54, 1.807) is 6.07 Å².